The molecule has 4 N–H and O–H groups in total. The van der Waals surface area contributed by atoms with Crippen LogP contribution in [0, 0.1) is 20.8 Å². The molecule has 1 aliphatic heterocycles. The van der Waals surface area contributed by atoms with Gasteiger partial charge in [-0.15, -0.1) is 0 Å². The van der Waals surface area contributed by atoms with Crippen LogP contribution in [0.5, 0.6) is 0 Å². The van der Waals surface area contributed by atoms with Crippen LogP contribution < -0.4 is 21.9 Å². The molecule has 0 radical (unpaired) electrons. The monoisotopic (exact) mass is 523 g/mol. The SMILES string of the molecule is Cc1ccc([C@H](CNc2ncc3n(c2=O)[C@H](C(=O)NCc2ccc(N)nc2C)CC3)c2ccc(C)cn2)cc1. The molecule has 2 atom stereocenters. The van der Waals surface area contributed by atoms with Crippen molar-refractivity contribution in [2.45, 2.75) is 52.1 Å². The topological polar surface area (TPSA) is 128 Å². The lowest BCUT2D eigenvalue weighted by atomic mass is 9.94. The van der Waals surface area contributed by atoms with Gasteiger partial charge in [-0.25, -0.2) is 9.97 Å². The van der Waals surface area contributed by atoms with E-state index < -0.39 is 6.04 Å². The van der Waals surface area contributed by atoms with Crippen LogP contribution in [0.15, 0.2) is 65.7 Å². The Kier molecular flexibility index (Phi) is 7.40. The number of pyridine rings is 2. The van der Waals surface area contributed by atoms with Gasteiger partial charge in [0, 0.05) is 48.5 Å². The first-order valence-corrected chi connectivity index (χ1v) is 13.1. The summed E-state index contributed by atoms with van der Waals surface area (Å²) in [5.41, 5.74) is 12.1. The number of carbonyl (C=O) groups is 1. The molecule has 200 valence electrons. The molecule has 0 fully saturated rings. The first kappa shape index (κ1) is 26.1. The zero-order chi connectivity index (χ0) is 27.5. The molecule has 39 heavy (non-hydrogen) atoms. The van der Waals surface area contributed by atoms with Gasteiger partial charge in [-0.3, -0.25) is 19.1 Å². The van der Waals surface area contributed by atoms with Crippen molar-refractivity contribution in [3.63, 3.8) is 0 Å². The fourth-order valence-electron chi connectivity index (χ4n) is 4.98. The summed E-state index contributed by atoms with van der Waals surface area (Å²) in [6.45, 7) is 6.66. The fraction of sp³-hybridized carbons (Fsp3) is 0.300. The first-order valence-electron chi connectivity index (χ1n) is 13.1. The van der Waals surface area contributed by atoms with E-state index in [9.17, 15) is 9.59 Å². The number of nitrogen functional groups attached to an aromatic ring is 1. The lowest BCUT2D eigenvalue weighted by Gasteiger charge is -2.20. The second-order valence-electron chi connectivity index (χ2n) is 10.1. The molecule has 0 bridgehead atoms. The normalized spacial score (nSPS) is 15.0. The highest BCUT2D eigenvalue weighted by Gasteiger charge is 2.31. The minimum Gasteiger partial charge on any atom is -0.384 e. The second-order valence-corrected chi connectivity index (χ2v) is 10.1. The number of aromatic nitrogens is 4. The lowest BCUT2D eigenvalue weighted by molar-refractivity contribution is -0.124. The van der Waals surface area contributed by atoms with Crippen LogP contribution in [0.4, 0.5) is 11.6 Å². The Hall–Kier alpha value is -4.53. The molecule has 0 aliphatic carbocycles. The van der Waals surface area contributed by atoms with E-state index in [0.29, 0.717) is 31.7 Å². The van der Waals surface area contributed by atoms with Gasteiger partial charge >= 0.3 is 0 Å². The fourth-order valence-corrected chi connectivity index (χ4v) is 4.98. The number of carbonyl (C=O) groups excluding carboxylic acids is 1. The maximum Gasteiger partial charge on any atom is 0.294 e. The summed E-state index contributed by atoms with van der Waals surface area (Å²) in [6, 6.07) is 15.4. The quantitative estimate of drug-likeness (QED) is 0.322. The smallest absolute Gasteiger partial charge is 0.294 e. The van der Waals surface area contributed by atoms with Crippen molar-refractivity contribution in [1.82, 2.24) is 24.8 Å². The highest BCUT2D eigenvalue weighted by Crippen LogP contribution is 2.26. The number of benzene rings is 1. The number of fused-ring (bicyclic) bond motifs is 1. The third-order valence-corrected chi connectivity index (χ3v) is 7.28. The van der Waals surface area contributed by atoms with Crippen molar-refractivity contribution in [2.24, 2.45) is 0 Å². The third kappa shape index (κ3) is 5.67. The number of hydrogen-bond donors (Lipinski definition) is 3. The van der Waals surface area contributed by atoms with Gasteiger partial charge < -0.3 is 16.4 Å². The molecule has 0 spiro atoms. The minimum atomic E-state index is -0.593. The molecule has 0 saturated carbocycles. The number of amides is 1. The van der Waals surface area contributed by atoms with E-state index in [2.05, 4.69) is 56.8 Å². The number of nitrogens with two attached hydrogens (primary N) is 1. The first-order chi connectivity index (χ1) is 18.8. The summed E-state index contributed by atoms with van der Waals surface area (Å²) < 4.78 is 1.57. The van der Waals surface area contributed by atoms with E-state index in [1.807, 2.05) is 38.2 Å². The zero-order valence-corrected chi connectivity index (χ0v) is 22.4. The molecule has 5 rings (SSSR count). The Morgan fingerprint density at radius 1 is 1.03 bits per heavy atom. The molecular weight excluding hydrogens is 490 g/mol. The van der Waals surface area contributed by atoms with Crippen molar-refractivity contribution in [3.8, 4) is 0 Å². The number of anilines is 2. The molecule has 1 aromatic carbocycles. The Bertz CT molecular complexity index is 1500. The number of nitrogens with zero attached hydrogens (tertiary/aromatic N) is 4. The summed E-state index contributed by atoms with van der Waals surface area (Å²) in [7, 11) is 0. The van der Waals surface area contributed by atoms with Crippen LogP contribution in [-0.2, 0) is 17.8 Å². The van der Waals surface area contributed by atoms with Crippen molar-refractivity contribution in [2.75, 3.05) is 17.6 Å². The molecule has 3 aromatic heterocycles. The van der Waals surface area contributed by atoms with E-state index in [0.717, 1.165) is 33.8 Å². The molecule has 1 aliphatic rings. The van der Waals surface area contributed by atoms with Crippen LogP contribution in [0.25, 0.3) is 0 Å². The second kappa shape index (κ2) is 11.1. The van der Waals surface area contributed by atoms with Crippen LogP contribution >= 0.6 is 0 Å². The molecule has 4 heterocycles. The Labute approximate surface area is 227 Å². The highest BCUT2D eigenvalue weighted by atomic mass is 16.2. The van der Waals surface area contributed by atoms with Crippen molar-refractivity contribution < 1.29 is 4.79 Å². The zero-order valence-electron chi connectivity index (χ0n) is 22.4. The standard InChI is InChI=1S/C30H33N7O2/c1-18-4-7-21(8-5-18)24(25-11-6-19(2)14-32-25)17-34-28-30(39)37-23(16-33-28)10-12-26(37)29(38)35-15-22-9-13-27(31)36-20(22)3/h4-9,11,13-14,16,24,26H,10,12,15,17H2,1-3H3,(H2,31,36)(H,33,34)(H,35,38)/t24-,26-/m0/s1. The highest BCUT2D eigenvalue weighted by molar-refractivity contribution is 5.81. The summed E-state index contributed by atoms with van der Waals surface area (Å²) in [5.74, 6) is 0.377. The number of aryl methyl sites for hydroxylation is 4. The average molecular weight is 524 g/mol. The van der Waals surface area contributed by atoms with Crippen LogP contribution in [0.2, 0.25) is 0 Å². The third-order valence-electron chi connectivity index (χ3n) is 7.28. The Morgan fingerprint density at radius 3 is 2.51 bits per heavy atom. The predicted molar refractivity (Wildman–Crippen MR) is 152 cm³/mol. The van der Waals surface area contributed by atoms with E-state index >= 15 is 0 Å². The van der Waals surface area contributed by atoms with Gasteiger partial charge in [0.25, 0.3) is 5.56 Å². The maximum absolute atomic E-state index is 13.5. The van der Waals surface area contributed by atoms with Gasteiger partial charge in [0.15, 0.2) is 5.82 Å². The number of nitrogens with one attached hydrogen (secondary N) is 2. The van der Waals surface area contributed by atoms with Gasteiger partial charge in [-0.05, 0) is 62.4 Å². The Morgan fingerprint density at radius 2 is 1.79 bits per heavy atom. The largest absolute Gasteiger partial charge is 0.384 e. The van der Waals surface area contributed by atoms with E-state index in [1.165, 1.54) is 5.56 Å². The van der Waals surface area contributed by atoms with Gasteiger partial charge in [0.2, 0.25) is 5.91 Å². The van der Waals surface area contributed by atoms with Gasteiger partial charge in [-0.2, -0.15) is 0 Å². The van der Waals surface area contributed by atoms with Crippen molar-refractivity contribution in [1.29, 1.82) is 0 Å². The molecule has 0 unspecified atom stereocenters. The van der Waals surface area contributed by atoms with Gasteiger partial charge in [0.1, 0.15) is 11.9 Å². The molecule has 9 heteroatoms. The summed E-state index contributed by atoms with van der Waals surface area (Å²) in [6.07, 6.45) is 4.70. The summed E-state index contributed by atoms with van der Waals surface area (Å²) >= 11 is 0. The van der Waals surface area contributed by atoms with Crippen LogP contribution in [0.3, 0.4) is 0 Å². The summed E-state index contributed by atoms with van der Waals surface area (Å²) in [4.78, 5) is 40.0. The van der Waals surface area contributed by atoms with Gasteiger partial charge in [-0.1, -0.05) is 42.0 Å². The van der Waals surface area contributed by atoms with E-state index in [1.54, 1.807) is 16.8 Å². The predicted octanol–water partition coefficient (Wildman–Crippen LogP) is 3.59. The van der Waals surface area contributed by atoms with Crippen molar-refractivity contribution in [3.05, 3.63) is 111 Å². The molecule has 9 nitrogen and oxygen atoms in total. The van der Waals surface area contributed by atoms with Crippen molar-refractivity contribution >= 4 is 17.5 Å². The van der Waals surface area contributed by atoms with Crippen LogP contribution in [-0.4, -0.2) is 32.0 Å². The number of rotatable bonds is 8. The molecule has 1 amide bonds. The average Bonchev–Trinajstić information content (AvgIpc) is 3.36. The molecule has 0 saturated heterocycles. The van der Waals surface area contributed by atoms with E-state index in [-0.39, 0.29) is 23.2 Å². The van der Waals surface area contributed by atoms with Gasteiger partial charge in [0.05, 0.1) is 0 Å². The van der Waals surface area contributed by atoms with Crippen LogP contribution in [0.1, 0.15) is 57.7 Å². The Balaban J connectivity index is 1.35. The molecule has 4 aromatic rings. The lowest BCUT2D eigenvalue weighted by Crippen LogP contribution is -2.36. The number of hydrogen-bond acceptors (Lipinski definition) is 7. The van der Waals surface area contributed by atoms with E-state index in [4.69, 9.17) is 5.73 Å². The maximum atomic E-state index is 13.5. The molecular formula is C30H33N7O2. The summed E-state index contributed by atoms with van der Waals surface area (Å²) in [5, 5.41) is 6.23. The minimum absolute atomic E-state index is 0.0819.